The van der Waals surface area contributed by atoms with E-state index in [0.717, 1.165) is 26.1 Å². The van der Waals surface area contributed by atoms with Crippen LogP contribution in [0.1, 0.15) is 42.5 Å². The summed E-state index contributed by atoms with van der Waals surface area (Å²) in [6.07, 6.45) is 2.17. The average molecular weight is 231 g/mol. The maximum absolute atomic E-state index is 5.45. The van der Waals surface area contributed by atoms with Crippen LogP contribution >= 0.6 is 0 Å². The van der Waals surface area contributed by atoms with Crippen LogP contribution in [0.5, 0.6) is 0 Å². The zero-order valence-electron chi connectivity index (χ0n) is 10.8. The monoisotopic (exact) mass is 231 g/mol. The van der Waals surface area contributed by atoms with Crippen LogP contribution in [0.25, 0.3) is 0 Å². The smallest absolute Gasteiger partial charge is 0.0725 e. The van der Waals surface area contributed by atoms with Crippen molar-refractivity contribution in [3.63, 3.8) is 0 Å². The molecule has 1 N–H and O–H groups in total. The van der Waals surface area contributed by atoms with E-state index < -0.39 is 0 Å². The Morgan fingerprint density at radius 3 is 2.88 bits per heavy atom. The molecule has 0 radical (unpaired) electrons. The summed E-state index contributed by atoms with van der Waals surface area (Å²) in [6.45, 7) is 7.59. The van der Waals surface area contributed by atoms with Gasteiger partial charge in [0.1, 0.15) is 0 Å². The summed E-state index contributed by atoms with van der Waals surface area (Å²) in [6, 6.07) is 7.11. The molecular formula is C15H21NO. The first-order valence-electron chi connectivity index (χ1n) is 6.22. The summed E-state index contributed by atoms with van der Waals surface area (Å²) in [5.41, 5.74) is 5.29. The Kier molecular flexibility index (Phi) is 3.97. The molecule has 1 heterocycles. The van der Waals surface area contributed by atoms with E-state index in [1.54, 1.807) is 0 Å². The predicted octanol–water partition coefficient (Wildman–Crippen LogP) is 3.33. The molecule has 1 aromatic carbocycles. The number of fused-ring (bicyclic) bond motifs is 1. The molecule has 0 fully saturated rings. The molecule has 2 heteroatoms. The number of hydrogen-bond acceptors (Lipinski definition) is 2. The van der Waals surface area contributed by atoms with Crippen molar-refractivity contribution in [2.75, 3.05) is 7.05 Å². The number of hydrogen-bond donors (Lipinski definition) is 1. The van der Waals surface area contributed by atoms with Gasteiger partial charge in [0.05, 0.1) is 13.2 Å². The lowest BCUT2D eigenvalue weighted by molar-refractivity contribution is 0.134. The van der Waals surface area contributed by atoms with Crippen molar-refractivity contribution in [3.8, 4) is 0 Å². The summed E-state index contributed by atoms with van der Waals surface area (Å²) in [5, 5.41) is 3.38. The third-order valence-corrected chi connectivity index (χ3v) is 3.36. The Balaban J connectivity index is 2.11. The number of nitrogens with one attached hydrogen (secondary N) is 1. The Hall–Kier alpha value is -1.12. The molecule has 2 rings (SSSR count). The number of rotatable bonds is 5. The van der Waals surface area contributed by atoms with Crippen LogP contribution in [0.2, 0.25) is 0 Å². The van der Waals surface area contributed by atoms with E-state index in [4.69, 9.17) is 4.74 Å². The molecule has 92 valence electrons. The molecule has 0 saturated heterocycles. The van der Waals surface area contributed by atoms with Gasteiger partial charge < -0.3 is 10.1 Å². The van der Waals surface area contributed by atoms with Crippen molar-refractivity contribution in [1.82, 2.24) is 5.32 Å². The van der Waals surface area contributed by atoms with Gasteiger partial charge in [-0.1, -0.05) is 23.8 Å². The van der Waals surface area contributed by atoms with Gasteiger partial charge in [0.25, 0.3) is 0 Å². The second-order valence-electron chi connectivity index (χ2n) is 4.86. The standard InChI is InChI=1S/C15H21NO/c1-11(2)4-7-15(16-3)12-5-6-13-9-17-10-14(13)8-12/h5-6,8,15-16H,1,4,7,9-10H2,2-3H3. The van der Waals surface area contributed by atoms with Gasteiger partial charge in [0.15, 0.2) is 0 Å². The molecule has 1 aliphatic rings. The van der Waals surface area contributed by atoms with E-state index >= 15 is 0 Å². The number of ether oxygens (including phenoxy) is 1. The average Bonchev–Trinajstić information content (AvgIpc) is 2.76. The maximum atomic E-state index is 5.45. The maximum Gasteiger partial charge on any atom is 0.0725 e. The van der Waals surface area contributed by atoms with Crippen molar-refractivity contribution in [1.29, 1.82) is 0 Å². The first kappa shape index (κ1) is 12.3. The van der Waals surface area contributed by atoms with Crippen LogP contribution < -0.4 is 5.32 Å². The quantitative estimate of drug-likeness (QED) is 0.785. The lowest BCUT2D eigenvalue weighted by Crippen LogP contribution is -2.16. The van der Waals surface area contributed by atoms with Crippen molar-refractivity contribution < 1.29 is 4.74 Å². The summed E-state index contributed by atoms with van der Waals surface area (Å²) >= 11 is 0. The minimum absolute atomic E-state index is 0.414. The van der Waals surface area contributed by atoms with Crippen LogP contribution in [0, 0.1) is 0 Å². The van der Waals surface area contributed by atoms with E-state index in [0.29, 0.717) is 6.04 Å². The lowest BCUT2D eigenvalue weighted by Gasteiger charge is -2.17. The van der Waals surface area contributed by atoms with E-state index in [2.05, 4.69) is 37.0 Å². The van der Waals surface area contributed by atoms with Crippen LogP contribution in [0.4, 0.5) is 0 Å². The van der Waals surface area contributed by atoms with E-state index in [9.17, 15) is 0 Å². The molecule has 0 saturated carbocycles. The zero-order chi connectivity index (χ0) is 12.3. The fourth-order valence-corrected chi connectivity index (χ4v) is 2.28. The fraction of sp³-hybridized carbons (Fsp3) is 0.467. The number of allylic oxidation sites excluding steroid dienone is 1. The van der Waals surface area contributed by atoms with E-state index in [1.165, 1.54) is 22.3 Å². The highest BCUT2D eigenvalue weighted by atomic mass is 16.5. The van der Waals surface area contributed by atoms with Crippen molar-refractivity contribution in [3.05, 3.63) is 47.0 Å². The normalized spacial score (nSPS) is 15.6. The van der Waals surface area contributed by atoms with Crippen LogP contribution in [0.15, 0.2) is 30.4 Å². The number of benzene rings is 1. The summed E-state index contributed by atoms with van der Waals surface area (Å²) < 4.78 is 5.45. The molecule has 1 aliphatic heterocycles. The van der Waals surface area contributed by atoms with Crippen LogP contribution in [0.3, 0.4) is 0 Å². The fourth-order valence-electron chi connectivity index (χ4n) is 2.28. The molecule has 1 atom stereocenters. The lowest BCUT2D eigenvalue weighted by atomic mass is 9.97. The van der Waals surface area contributed by atoms with Gasteiger partial charge >= 0.3 is 0 Å². The van der Waals surface area contributed by atoms with Crippen LogP contribution in [-0.2, 0) is 18.0 Å². The Labute approximate surface area is 104 Å². The molecule has 0 amide bonds. The van der Waals surface area contributed by atoms with Gasteiger partial charge in [-0.15, -0.1) is 6.58 Å². The molecule has 0 aliphatic carbocycles. The van der Waals surface area contributed by atoms with Gasteiger partial charge in [-0.05, 0) is 43.5 Å². The molecule has 2 nitrogen and oxygen atoms in total. The summed E-state index contributed by atoms with van der Waals surface area (Å²) in [7, 11) is 2.02. The molecule has 17 heavy (non-hydrogen) atoms. The Bertz CT molecular complexity index is 411. The Morgan fingerprint density at radius 1 is 1.41 bits per heavy atom. The highest BCUT2D eigenvalue weighted by Gasteiger charge is 2.15. The molecule has 0 bridgehead atoms. The largest absolute Gasteiger partial charge is 0.372 e. The van der Waals surface area contributed by atoms with Crippen molar-refractivity contribution in [2.45, 2.75) is 39.0 Å². The molecular weight excluding hydrogens is 210 g/mol. The SMILES string of the molecule is C=C(C)CCC(NC)c1ccc2c(c1)COC2. The van der Waals surface area contributed by atoms with Gasteiger partial charge in [-0.25, -0.2) is 0 Å². The summed E-state index contributed by atoms with van der Waals surface area (Å²) in [5.74, 6) is 0. The second kappa shape index (κ2) is 5.48. The van der Waals surface area contributed by atoms with Gasteiger partial charge in [0.2, 0.25) is 0 Å². The first-order valence-corrected chi connectivity index (χ1v) is 6.22. The van der Waals surface area contributed by atoms with Gasteiger partial charge in [-0.2, -0.15) is 0 Å². The van der Waals surface area contributed by atoms with Gasteiger partial charge in [0, 0.05) is 6.04 Å². The third-order valence-electron chi connectivity index (χ3n) is 3.36. The third kappa shape index (κ3) is 2.96. The highest BCUT2D eigenvalue weighted by Crippen LogP contribution is 2.26. The Morgan fingerprint density at radius 2 is 2.18 bits per heavy atom. The van der Waals surface area contributed by atoms with Crippen LogP contribution in [-0.4, -0.2) is 7.05 Å². The second-order valence-corrected chi connectivity index (χ2v) is 4.86. The summed E-state index contributed by atoms with van der Waals surface area (Å²) in [4.78, 5) is 0. The van der Waals surface area contributed by atoms with Crippen molar-refractivity contribution in [2.24, 2.45) is 0 Å². The highest BCUT2D eigenvalue weighted by molar-refractivity contribution is 5.34. The minimum atomic E-state index is 0.414. The molecule has 1 aromatic rings. The van der Waals surface area contributed by atoms with Crippen molar-refractivity contribution >= 4 is 0 Å². The zero-order valence-corrected chi connectivity index (χ0v) is 10.8. The molecule has 1 unspecified atom stereocenters. The van der Waals surface area contributed by atoms with E-state index in [-0.39, 0.29) is 0 Å². The first-order chi connectivity index (χ1) is 8.20. The van der Waals surface area contributed by atoms with Gasteiger partial charge in [-0.3, -0.25) is 0 Å². The minimum Gasteiger partial charge on any atom is -0.372 e. The predicted molar refractivity (Wildman–Crippen MR) is 70.8 cm³/mol. The molecule has 0 aromatic heterocycles. The molecule has 0 spiro atoms. The van der Waals surface area contributed by atoms with E-state index in [1.807, 2.05) is 7.05 Å². The topological polar surface area (TPSA) is 21.3 Å².